The van der Waals surface area contributed by atoms with Crippen LogP contribution in [-0.4, -0.2) is 93.9 Å². The van der Waals surface area contributed by atoms with E-state index in [4.69, 9.17) is 15.9 Å². The van der Waals surface area contributed by atoms with Gasteiger partial charge in [0.25, 0.3) is 5.91 Å². The van der Waals surface area contributed by atoms with Crippen molar-refractivity contribution in [2.24, 2.45) is 17.6 Å². The van der Waals surface area contributed by atoms with Gasteiger partial charge in [-0.3, -0.25) is 15.1 Å². The van der Waals surface area contributed by atoms with Crippen molar-refractivity contribution in [2.75, 3.05) is 39.3 Å². The zero-order chi connectivity index (χ0) is 19.8. The standard InChI is InChI=1S/C18H25N5O4S/c1-9-13(12(15(24)25)23-14(9)18(8-27-18)16(23)26)28-11-6-21(7-11)4-10-2-3-22(5-10)17(19)20/h9-11,14H,2-8H2,1H3,(H3,19,20)(H,24,25). The molecule has 4 N–H and O–H groups in total. The first-order chi connectivity index (χ1) is 13.3. The van der Waals surface area contributed by atoms with E-state index < -0.39 is 11.6 Å². The van der Waals surface area contributed by atoms with Crippen molar-refractivity contribution < 1.29 is 19.4 Å². The molecule has 5 aliphatic rings. The van der Waals surface area contributed by atoms with E-state index in [1.807, 2.05) is 11.8 Å². The molecule has 4 atom stereocenters. The Hall–Kier alpha value is -1.78. The van der Waals surface area contributed by atoms with Crippen LogP contribution >= 0.6 is 11.8 Å². The quantitative estimate of drug-likeness (QED) is 0.242. The number of carboxylic acids is 1. The number of fused-ring (bicyclic) bond motifs is 2. The molecule has 5 heterocycles. The molecule has 0 saturated carbocycles. The van der Waals surface area contributed by atoms with Gasteiger partial charge >= 0.3 is 5.97 Å². The number of nitrogens with one attached hydrogen (secondary N) is 1. The van der Waals surface area contributed by atoms with Crippen molar-refractivity contribution in [2.45, 2.75) is 30.2 Å². The van der Waals surface area contributed by atoms with Crippen LogP contribution in [0.15, 0.2) is 10.6 Å². The van der Waals surface area contributed by atoms with E-state index in [0.29, 0.717) is 17.8 Å². The van der Waals surface area contributed by atoms with E-state index in [1.165, 1.54) is 4.90 Å². The molecule has 0 aromatic rings. The normalized spacial score (nSPS) is 37.3. The Morgan fingerprint density at radius 3 is 2.71 bits per heavy atom. The van der Waals surface area contributed by atoms with E-state index in [1.54, 1.807) is 11.8 Å². The van der Waals surface area contributed by atoms with E-state index >= 15 is 0 Å². The molecule has 5 aliphatic heterocycles. The van der Waals surface area contributed by atoms with Gasteiger partial charge < -0.3 is 25.4 Å². The lowest BCUT2D eigenvalue weighted by atomic mass is 9.82. The van der Waals surface area contributed by atoms with Crippen molar-refractivity contribution in [3.8, 4) is 0 Å². The largest absolute Gasteiger partial charge is 0.477 e. The van der Waals surface area contributed by atoms with E-state index in [0.717, 1.165) is 44.0 Å². The lowest BCUT2D eigenvalue weighted by Crippen LogP contribution is -2.67. The number of hydrogen-bond donors (Lipinski definition) is 3. The maximum Gasteiger partial charge on any atom is 0.353 e. The average Bonchev–Trinajstić information content (AvgIpc) is 3.22. The van der Waals surface area contributed by atoms with Gasteiger partial charge in [0, 0.05) is 48.8 Å². The Morgan fingerprint density at radius 1 is 1.43 bits per heavy atom. The molecule has 4 fully saturated rings. The topological polar surface area (TPSA) is 126 Å². The number of nitrogens with zero attached hydrogens (tertiary/aromatic N) is 3. The zero-order valence-electron chi connectivity index (χ0n) is 15.8. The molecule has 0 aromatic heterocycles. The first kappa shape index (κ1) is 18.3. The van der Waals surface area contributed by atoms with Gasteiger partial charge in [0.15, 0.2) is 11.6 Å². The first-order valence-electron chi connectivity index (χ1n) is 9.75. The van der Waals surface area contributed by atoms with Gasteiger partial charge in [-0.25, -0.2) is 4.79 Å². The molecule has 152 valence electrons. The number of β-lactam (4-membered cyclic amide) rings is 1. The number of hydrogen-bond acceptors (Lipinski definition) is 6. The molecule has 9 nitrogen and oxygen atoms in total. The smallest absolute Gasteiger partial charge is 0.353 e. The van der Waals surface area contributed by atoms with Crippen LogP contribution in [0, 0.1) is 17.2 Å². The SMILES string of the molecule is CC1C(SC2CN(CC3CCN(C(=N)N)C3)C2)=C(C(=O)O)N2C(=O)C3(CO3)C12. The van der Waals surface area contributed by atoms with Crippen LogP contribution in [0.3, 0.4) is 0 Å². The third-order valence-corrected chi connectivity index (χ3v) is 8.17. The van der Waals surface area contributed by atoms with Crippen LogP contribution in [0.2, 0.25) is 0 Å². The number of amides is 1. The highest BCUT2D eigenvalue weighted by Gasteiger charge is 2.76. The van der Waals surface area contributed by atoms with Gasteiger partial charge in [-0.2, -0.15) is 0 Å². The van der Waals surface area contributed by atoms with Crippen molar-refractivity contribution in [1.82, 2.24) is 14.7 Å². The summed E-state index contributed by atoms with van der Waals surface area (Å²) >= 11 is 1.63. The summed E-state index contributed by atoms with van der Waals surface area (Å²) in [6.07, 6.45) is 1.06. The monoisotopic (exact) mass is 407 g/mol. The molecule has 1 spiro atoms. The van der Waals surface area contributed by atoms with Crippen LogP contribution < -0.4 is 5.73 Å². The molecule has 0 radical (unpaired) electrons. The minimum atomic E-state index is -1.02. The van der Waals surface area contributed by atoms with Gasteiger partial charge in [-0.1, -0.05) is 6.92 Å². The maximum atomic E-state index is 12.4. The summed E-state index contributed by atoms with van der Waals surface area (Å²) in [7, 11) is 0. The molecule has 0 aliphatic carbocycles. The lowest BCUT2D eigenvalue weighted by Gasteiger charge is -2.43. The Kier molecular flexibility index (Phi) is 3.98. The summed E-state index contributed by atoms with van der Waals surface area (Å²) in [6.45, 7) is 6.96. The molecule has 28 heavy (non-hydrogen) atoms. The molecular weight excluding hydrogens is 382 g/mol. The summed E-state index contributed by atoms with van der Waals surface area (Å²) in [4.78, 5) is 30.8. The second-order valence-corrected chi connectivity index (χ2v) is 9.89. The van der Waals surface area contributed by atoms with Crippen LogP contribution in [-0.2, 0) is 14.3 Å². The zero-order valence-corrected chi connectivity index (χ0v) is 16.6. The van der Waals surface area contributed by atoms with Crippen LogP contribution in [0.4, 0.5) is 0 Å². The molecule has 10 heteroatoms. The van der Waals surface area contributed by atoms with Crippen LogP contribution in [0.5, 0.6) is 0 Å². The molecule has 0 bridgehead atoms. The van der Waals surface area contributed by atoms with Crippen LogP contribution in [0.1, 0.15) is 13.3 Å². The summed E-state index contributed by atoms with van der Waals surface area (Å²) in [5.41, 5.74) is 4.99. The highest BCUT2D eigenvalue weighted by molar-refractivity contribution is 8.03. The number of thioether (sulfide) groups is 1. The molecule has 0 aromatic carbocycles. The Morgan fingerprint density at radius 2 is 2.14 bits per heavy atom. The number of carbonyl (C=O) groups is 2. The van der Waals surface area contributed by atoms with Crippen molar-refractivity contribution >= 4 is 29.6 Å². The molecule has 4 unspecified atom stereocenters. The predicted molar refractivity (Wildman–Crippen MR) is 103 cm³/mol. The Balaban J connectivity index is 1.19. The van der Waals surface area contributed by atoms with Crippen molar-refractivity contribution in [1.29, 1.82) is 5.41 Å². The summed E-state index contributed by atoms with van der Waals surface area (Å²) in [5.74, 6) is -0.527. The van der Waals surface area contributed by atoms with Crippen LogP contribution in [0.25, 0.3) is 0 Å². The number of epoxide rings is 1. The highest BCUT2D eigenvalue weighted by atomic mass is 32.2. The number of carbonyl (C=O) groups excluding carboxylic acids is 1. The third kappa shape index (κ3) is 2.50. The number of aliphatic carboxylic acids is 1. The fourth-order valence-electron chi connectivity index (χ4n) is 5.18. The fraction of sp³-hybridized carbons (Fsp3) is 0.722. The maximum absolute atomic E-state index is 12.4. The van der Waals surface area contributed by atoms with Crippen molar-refractivity contribution in [3.05, 3.63) is 10.6 Å². The summed E-state index contributed by atoms with van der Waals surface area (Å²) < 4.78 is 5.41. The van der Waals surface area contributed by atoms with E-state index in [9.17, 15) is 14.7 Å². The minimum Gasteiger partial charge on any atom is -0.477 e. The minimum absolute atomic E-state index is 0.00399. The number of rotatable bonds is 5. The average molecular weight is 407 g/mol. The first-order valence-corrected chi connectivity index (χ1v) is 10.6. The number of carboxylic acid groups (broad SMARTS) is 1. The summed E-state index contributed by atoms with van der Waals surface area (Å²) in [6, 6.07) is -0.152. The molecular formula is C18H25N5O4S. The second-order valence-electron chi connectivity index (χ2n) is 8.55. The molecule has 1 amide bonds. The Labute approximate surface area is 167 Å². The van der Waals surface area contributed by atoms with E-state index in [2.05, 4.69) is 4.90 Å². The van der Waals surface area contributed by atoms with Gasteiger partial charge in [0.05, 0.1) is 12.6 Å². The van der Waals surface area contributed by atoms with Gasteiger partial charge in [-0.15, -0.1) is 11.8 Å². The van der Waals surface area contributed by atoms with Gasteiger partial charge in [0.1, 0.15) is 5.70 Å². The number of nitrogens with two attached hydrogens (primary N) is 1. The highest BCUT2D eigenvalue weighted by Crippen LogP contribution is 2.58. The number of ether oxygens (including phenoxy) is 1. The fourth-order valence-corrected chi connectivity index (χ4v) is 6.75. The molecule has 4 saturated heterocycles. The molecule has 5 rings (SSSR count). The van der Waals surface area contributed by atoms with Gasteiger partial charge in [-0.05, 0) is 12.3 Å². The van der Waals surface area contributed by atoms with Crippen molar-refractivity contribution in [3.63, 3.8) is 0 Å². The number of likely N-dealkylation sites (tertiary alicyclic amines) is 2. The van der Waals surface area contributed by atoms with Gasteiger partial charge in [0.2, 0.25) is 0 Å². The number of guanidine groups is 1. The van der Waals surface area contributed by atoms with E-state index in [-0.39, 0.29) is 29.5 Å². The predicted octanol–water partition coefficient (Wildman–Crippen LogP) is -0.455. The summed E-state index contributed by atoms with van der Waals surface area (Å²) in [5, 5.41) is 17.6. The third-order valence-electron chi connectivity index (χ3n) is 6.72. The second kappa shape index (κ2) is 6.11. The Bertz CT molecular complexity index is 791. The lowest BCUT2D eigenvalue weighted by molar-refractivity contribution is -0.158.